The predicted octanol–water partition coefficient (Wildman–Crippen LogP) is 4.31. The molecule has 0 aromatic heterocycles. The maximum atomic E-state index is 8.72. The fourth-order valence-corrected chi connectivity index (χ4v) is 1.69. The second-order valence-corrected chi connectivity index (χ2v) is 4.31. The van der Waals surface area contributed by atoms with Crippen molar-refractivity contribution < 1.29 is 0 Å². The Labute approximate surface area is 91.6 Å². The Bertz CT molecular complexity index is 359. The lowest BCUT2D eigenvalue weighted by Gasteiger charge is -2.19. The molecule has 1 rings (SSSR count). The molecule has 0 aliphatic carbocycles. The summed E-state index contributed by atoms with van der Waals surface area (Å²) in [5, 5.41) is 8.72. The lowest BCUT2D eigenvalue weighted by Crippen LogP contribution is -1.94. The summed E-state index contributed by atoms with van der Waals surface area (Å²) < 4.78 is 0. The minimum Gasteiger partial charge on any atom is -0.422 e. The first kappa shape index (κ1) is 11.7. The zero-order valence-electron chi connectivity index (χ0n) is 9.78. The highest BCUT2D eigenvalue weighted by molar-refractivity contribution is 5.63. The molecule has 2 nitrogen and oxygen atoms in total. The van der Waals surface area contributed by atoms with Crippen LogP contribution in [0.5, 0.6) is 0 Å². The van der Waals surface area contributed by atoms with Crippen LogP contribution in [-0.2, 0) is 0 Å². The second-order valence-electron chi connectivity index (χ2n) is 4.31. The molecule has 0 saturated heterocycles. The van der Waals surface area contributed by atoms with Gasteiger partial charge in [0.25, 0.3) is 0 Å². The van der Waals surface area contributed by atoms with Gasteiger partial charge in [0.2, 0.25) is 0 Å². The minimum atomic E-state index is 0.399. The van der Waals surface area contributed by atoms with Crippen LogP contribution in [0, 0.1) is 0 Å². The first-order valence-electron chi connectivity index (χ1n) is 5.30. The molecule has 0 bridgehead atoms. The van der Waals surface area contributed by atoms with Gasteiger partial charge in [0, 0.05) is 0 Å². The molecule has 0 atom stereocenters. The fraction of sp³-hybridized carbons (Fsp3) is 0.462. The third-order valence-electron chi connectivity index (χ3n) is 2.50. The van der Waals surface area contributed by atoms with Crippen LogP contribution in [0.25, 0.3) is 5.41 Å². The summed E-state index contributed by atoms with van der Waals surface area (Å²) >= 11 is 0. The number of nitrogens with zero attached hydrogens (tertiary/aromatic N) is 2. The topological polar surface area (TPSA) is 34.7 Å². The molecule has 1 aromatic carbocycles. The highest BCUT2D eigenvalue weighted by atomic mass is 14.7. The van der Waals surface area contributed by atoms with Crippen molar-refractivity contribution in [3.63, 3.8) is 0 Å². The molecular weight excluding hydrogens is 184 g/mol. The van der Waals surface area contributed by atoms with Crippen LogP contribution in [0.3, 0.4) is 0 Å². The van der Waals surface area contributed by atoms with E-state index >= 15 is 0 Å². The molecule has 15 heavy (non-hydrogen) atoms. The third kappa shape index (κ3) is 2.54. The molecule has 2 heteroatoms. The summed E-state index contributed by atoms with van der Waals surface area (Å²) in [6.07, 6.45) is 0. The van der Waals surface area contributed by atoms with Crippen molar-refractivity contribution in [2.45, 2.75) is 39.5 Å². The summed E-state index contributed by atoms with van der Waals surface area (Å²) in [6.45, 7) is 8.48. The lowest BCUT2D eigenvalue weighted by atomic mass is 9.93. The molecule has 0 spiro atoms. The number of para-hydroxylation sites is 1. The van der Waals surface area contributed by atoms with Gasteiger partial charge in [-0.1, -0.05) is 45.9 Å². The van der Waals surface area contributed by atoms with Gasteiger partial charge in [-0.15, -0.1) is 0 Å². The van der Waals surface area contributed by atoms with Crippen LogP contribution >= 0.6 is 0 Å². The zero-order valence-corrected chi connectivity index (χ0v) is 9.78. The highest BCUT2D eigenvalue weighted by Gasteiger charge is 2.08. The molecule has 0 amide bonds. The van der Waals surface area contributed by atoms with Crippen LogP contribution in [0.15, 0.2) is 23.2 Å². The van der Waals surface area contributed by atoms with Gasteiger partial charge >= 0.3 is 0 Å². The van der Waals surface area contributed by atoms with Crippen LogP contribution in [0.1, 0.15) is 50.7 Å². The standard InChI is InChI=1S/C13H17N2/c1-9(2)11-6-5-7-12(10(3)4)13(11)15-8-14/h5-7,9-10H,1-4H3/q-1. The molecule has 1 aromatic rings. The summed E-state index contributed by atoms with van der Waals surface area (Å²) in [4.78, 5) is 3.95. The number of hydrogen-bond acceptors (Lipinski definition) is 1. The molecule has 0 fully saturated rings. The Kier molecular flexibility index (Phi) is 3.81. The highest BCUT2D eigenvalue weighted by Crippen LogP contribution is 2.34. The molecular formula is C13H17N2-. The Morgan fingerprint density at radius 1 is 1.07 bits per heavy atom. The van der Waals surface area contributed by atoms with Crippen molar-refractivity contribution in [1.29, 1.82) is 0 Å². The average molecular weight is 201 g/mol. The predicted molar refractivity (Wildman–Crippen MR) is 65.1 cm³/mol. The van der Waals surface area contributed by atoms with Crippen molar-refractivity contribution >= 4 is 11.7 Å². The largest absolute Gasteiger partial charge is 0.422 e. The van der Waals surface area contributed by atoms with Gasteiger partial charge in [-0.2, -0.15) is 6.01 Å². The average Bonchev–Trinajstić information content (AvgIpc) is 2.17. The number of aliphatic imine (C=N–C) groups is 1. The van der Waals surface area contributed by atoms with Gasteiger partial charge in [0.05, 0.1) is 0 Å². The van der Waals surface area contributed by atoms with E-state index in [-0.39, 0.29) is 0 Å². The Hall–Kier alpha value is -1.40. The molecule has 80 valence electrons. The lowest BCUT2D eigenvalue weighted by molar-refractivity contribution is 0.835. The van der Waals surface area contributed by atoms with Gasteiger partial charge < -0.3 is 10.4 Å². The van der Waals surface area contributed by atoms with Crippen LogP contribution < -0.4 is 0 Å². The first-order chi connectivity index (χ1) is 7.07. The van der Waals surface area contributed by atoms with Gasteiger partial charge in [0.1, 0.15) is 0 Å². The molecule has 0 aliphatic heterocycles. The van der Waals surface area contributed by atoms with E-state index in [2.05, 4.69) is 32.7 Å². The minimum absolute atomic E-state index is 0.399. The number of rotatable bonds is 3. The van der Waals surface area contributed by atoms with Gasteiger partial charge in [-0.05, 0) is 28.7 Å². The molecule has 0 unspecified atom stereocenters. The van der Waals surface area contributed by atoms with E-state index in [1.807, 2.05) is 24.2 Å². The maximum Gasteiger partial charge on any atom is -0.0216 e. The van der Waals surface area contributed by atoms with Crippen molar-refractivity contribution in [1.82, 2.24) is 0 Å². The molecule has 0 heterocycles. The Balaban J connectivity index is 3.41. The van der Waals surface area contributed by atoms with Gasteiger partial charge in [-0.3, -0.25) is 0 Å². The third-order valence-corrected chi connectivity index (χ3v) is 2.50. The van der Waals surface area contributed by atoms with Crippen molar-refractivity contribution in [3.05, 3.63) is 34.7 Å². The summed E-state index contributed by atoms with van der Waals surface area (Å²) in [5.41, 5.74) is 3.18. The smallest absolute Gasteiger partial charge is 0.0216 e. The quantitative estimate of drug-likeness (QED) is 0.653. The number of benzene rings is 1. The van der Waals surface area contributed by atoms with Gasteiger partial charge in [0.15, 0.2) is 0 Å². The zero-order chi connectivity index (χ0) is 11.4. The maximum absolute atomic E-state index is 8.72. The van der Waals surface area contributed by atoms with E-state index < -0.39 is 0 Å². The molecule has 0 radical (unpaired) electrons. The van der Waals surface area contributed by atoms with Gasteiger partial charge in [-0.25, -0.2) is 0 Å². The summed E-state index contributed by atoms with van der Waals surface area (Å²) in [5.74, 6) is 0.798. The summed E-state index contributed by atoms with van der Waals surface area (Å²) in [6, 6.07) is 8.04. The Morgan fingerprint density at radius 2 is 1.53 bits per heavy atom. The molecule has 0 saturated carbocycles. The monoisotopic (exact) mass is 201 g/mol. The van der Waals surface area contributed by atoms with Crippen LogP contribution in [0.2, 0.25) is 0 Å². The Morgan fingerprint density at radius 3 is 1.87 bits per heavy atom. The SMILES string of the molecule is CC(C)c1cccc(C(C)C)c1N=C=[N-]. The normalized spacial score (nSPS) is 10.5. The van der Waals surface area contributed by atoms with E-state index in [9.17, 15) is 0 Å². The molecule has 0 aliphatic rings. The second kappa shape index (κ2) is 4.90. The molecule has 0 N–H and O–H groups in total. The van der Waals surface area contributed by atoms with Crippen molar-refractivity contribution in [2.24, 2.45) is 4.99 Å². The first-order valence-corrected chi connectivity index (χ1v) is 5.30. The van der Waals surface area contributed by atoms with Crippen molar-refractivity contribution in [2.75, 3.05) is 0 Å². The van der Waals surface area contributed by atoms with E-state index in [4.69, 9.17) is 5.41 Å². The van der Waals surface area contributed by atoms with E-state index in [1.165, 1.54) is 0 Å². The summed E-state index contributed by atoms with van der Waals surface area (Å²) in [7, 11) is 0. The van der Waals surface area contributed by atoms with Crippen molar-refractivity contribution in [3.8, 4) is 0 Å². The fourth-order valence-electron chi connectivity index (χ4n) is 1.69. The number of hydrogen-bond donors (Lipinski definition) is 0. The van der Waals surface area contributed by atoms with E-state index in [1.54, 1.807) is 0 Å². The van der Waals surface area contributed by atoms with Crippen LogP contribution in [0.4, 0.5) is 5.69 Å². The van der Waals surface area contributed by atoms with Crippen LogP contribution in [-0.4, -0.2) is 6.01 Å². The van der Waals surface area contributed by atoms with E-state index in [0.717, 1.165) is 16.8 Å². The van der Waals surface area contributed by atoms with E-state index in [0.29, 0.717) is 11.8 Å².